The zero-order chi connectivity index (χ0) is 12.2. The molecule has 1 aliphatic rings. The van der Waals surface area contributed by atoms with Gasteiger partial charge in [0.05, 0.1) is 12.1 Å². The van der Waals surface area contributed by atoms with Crippen LogP contribution >= 0.6 is 12.4 Å². The topological polar surface area (TPSA) is 50.4 Å². The maximum Gasteiger partial charge on any atom is 0.223 e. The van der Waals surface area contributed by atoms with E-state index in [0.717, 1.165) is 19.4 Å². The first-order valence-electron chi connectivity index (χ1n) is 5.99. The summed E-state index contributed by atoms with van der Waals surface area (Å²) in [5, 5.41) is 6.41. The first-order valence-corrected chi connectivity index (χ1v) is 5.99. The molecule has 1 aliphatic heterocycles. The minimum atomic E-state index is -0.278. The van der Waals surface area contributed by atoms with Crippen molar-refractivity contribution in [3.05, 3.63) is 0 Å². The molecule has 0 unspecified atom stereocenters. The average molecular weight is 265 g/mol. The number of carbonyl (C=O) groups excluding carboxylic acids is 1. The first-order chi connectivity index (χ1) is 7.44. The highest BCUT2D eigenvalue weighted by atomic mass is 35.5. The minimum Gasteiger partial charge on any atom is -0.382 e. The summed E-state index contributed by atoms with van der Waals surface area (Å²) in [7, 11) is 1.65. The lowest BCUT2D eigenvalue weighted by atomic mass is 9.91. The molecular weight excluding hydrogens is 240 g/mol. The number of hydrogen-bond donors (Lipinski definition) is 2. The van der Waals surface area contributed by atoms with E-state index in [9.17, 15) is 4.79 Å². The Hall–Kier alpha value is -0.320. The number of halogens is 1. The van der Waals surface area contributed by atoms with Crippen molar-refractivity contribution >= 4 is 18.3 Å². The number of carbonyl (C=O) groups is 1. The molecule has 5 heteroatoms. The van der Waals surface area contributed by atoms with Crippen molar-refractivity contribution in [1.82, 2.24) is 10.6 Å². The van der Waals surface area contributed by atoms with Crippen LogP contribution in [0.5, 0.6) is 0 Å². The Morgan fingerprint density at radius 1 is 1.53 bits per heavy atom. The summed E-state index contributed by atoms with van der Waals surface area (Å²) >= 11 is 0. The fourth-order valence-corrected chi connectivity index (χ4v) is 2.20. The Labute approximate surface area is 110 Å². The van der Waals surface area contributed by atoms with Gasteiger partial charge in [0.25, 0.3) is 0 Å². The maximum atomic E-state index is 12.0. The molecule has 0 bridgehead atoms. The van der Waals surface area contributed by atoms with E-state index in [1.54, 1.807) is 7.11 Å². The van der Waals surface area contributed by atoms with Crippen molar-refractivity contribution in [2.24, 2.45) is 5.92 Å². The summed E-state index contributed by atoms with van der Waals surface area (Å²) in [5.41, 5.74) is -0.278. The van der Waals surface area contributed by atoms with Gasteiger partial charge >= 0.3 is 0 Å². The van der Waals surface area contributed by atoms with Crippen LogP contribution in [0.15, 0.2) is 0 Å². The maximum absolute atomic E-state index is 12.0. The highest BCUT2D eigenvalue weighted by Crippen LogP contribution is 2.17. The largest absolute Gasteiger partial charge is 0.382 e. The van der Waals surface area contributed by atoms with Gasteiger partial charge in [-0.15, -0.1) is 12.4 Å². The summed E-state index contributed by atoms with van der Waals surface area (Å²) in [6.07, 6.45) is 1.86. The van der Waals surface area contributed by atoms with Crippen LogP contribution in [0.2, 0.25) is 0 Å². The molecule has 0 spiro atoms. The van der Waals surface area contributed by atoms with Gasteiger partial charge in [-0.1, -0.05) is 0 Å². The van der Waals surface area contributed by atoms with Crippen LogP contribution in [0.3, 0.4) is 0 Å². The van der Waals surface area contributed by atoms with Crippen molar-refractivity contribution < 1.29 is 9.53 Å². The average Bonchev–Trinajstić information content (AvgIpc) is 2.16. The van der Waals surface area contributed by atoms with E-state index in [1.165, 1.54) is 0 Å². The summed E-state index contributed by atoms with van der Waals surface area (Å²) in [6.45, 7) is 7.57. The predicted octanol–water partition coefficient (Wildman–Crippen LogP) is 1.34. The van der Waals surface area contributed by atoms with E-state index in [1.807, 2.05) is 13.8 Å². The number of rotatable bonds is 4. The second-order valence-corrected chi connectivity index (χ2v) is 5.38. The molecule has 0 saturated carbocycles. The lowest BCUT2D eigenvalue weighted by Crippen LogP contribution is -2.51. The normalized spacial score (nSPS) is 24.9. The molecule has 0 radical (unpaired) electrons. The van der Waals surface area contributed by atoms with Gasteiger partial charge < -0.3 is 15.4 Å². The van der Waals surface area contributed by atoms with Gasteiger partial charge in [-0.3, -0.25) is 4.79 Å². The van der Waals surface area contributed by atoms with Crippen LogP contribution < -0.4 is 10.6 Å². The molecule has 1 amide bonds. The fraction of sp³-hybridized carbons (Fsp3) is 0.917. The van der Waals surface area contributed by atoms with Gasteiger partial charge in [-0.2, -0.15) is 0 Å². The molecular formula is C12H25ClN2O2. The Morgan fingerprint density at radius 3 is 2.71 bits per heavy atom. The molecule has 0 aromatic heterocycles. The SMILES string of the molecule is COCC(C)(C)NC(=O)[C@H]1CCN[C@@H](C)C1.Cl. The second kappa shape index (κ2) is 7.19. The molecule has 2 N–H and O–H groups in total. The van der Waals surface area contributed by atoms with Gasteiger partial charge in [0, 0.05) is 19.1 Å². The molecule has 0 aromatic carbocycles. The third-order valence-corrected chi connectivity index (χ3v) is 2.96. The van der Waals surface area contributed by atoms with Crippen LogP contribution in [-0.4, -0.2) is 37.7 Å². The van der Waals surface area contributed by atoms with E-state index >= 15 is 0 Å². The fourth-order valence-electron chi connectivity index (χ4n) is 2.20. The van der Waals surface area contributed by atoms with Gasteiger partial charge in [-0.25, -0.2) is 0 Å². The lowest BCUT2D eigenvalue weighted by Gasteiger charge is -2.31. The van der Waals surface area contributed by atoms with Crippen molar-refractivity contribution in [2.45, 2.75) is 45.2 Å². The number of nitrogens with one attached hydrogen (secondary N) is 2. The van der Waals surface area contributed by atoms with Crippen molar-refractivity contribution in [3.8, 4) is 0 Å². The molecule has 0 aliphatic carbocycles. The quantitative estimate of drug-likeness (QED) is 0.806. The van der Waals surface area contributed by atoms with Crippen LogP contribution in [0.4, 0.5) is 0 Å². The molecule has 17 heavy (non-hydrogen) atoms. The Balaban J connectivity index is 0.00000256. The summed E-state index contributed by atoms with van der Waals surface area (Å²) in [5.74, 6) is 0.308. The molecule has 1 heterocycles. The van der Waals surface area contributed by atoms with Gasteiger partial charge in [0.2, 0.25) is 5.91 Å². The molecule has 102 valence electrons. The number of methoxy groups -OCH3 is 1. The van der Waals surface area contributed by atoms with E-state index in [0.29, 0.717) is 12.6 Å². The molecule has 0 aromatic rings. The van der Waals surface area contributed by atoms with Crippen LogP contribution in [0, 0.1) is 5.92 Å². The van der Waals surface area contributed by atoms with Crippen LogP contribution in [0.1, 0.15) is 33.6 Å². The first kappa shape index (κ1) is 16.7. The predicted molar refractivity (Wildman–Crippen MR) is 71.5 cm³/mol. The number of ether oxygens (including phenoxy) is 1. The third kappa shape index (κ3) is 5.70. The Kier molecular flexibility index (Phi) is 7.05. The van der Waals surface area contributed by atoms with Crippen molar-refractivity contribution in [1.29, 1.82) is 0 Å². The molecule has 2 atom stereocenters. The van der Waals surface area contributed by atoms with Crippen LogP contribution in [-0.2, 0) is 9.53 Å². The van der Waals surface area contributed by atoms with E-state index in [2.05, 4.69) is 17.6 Å². The second-order valence-electron chi connectivity index (χ2n) is 5.38. The van der Waals surface area contributed by atoms with E-state index in [-0.39, 0.29) is 29.8 Å². The highest BCUT2D eigenvalue weighted by molar-refractivity contribution is 5.85. The number of amides is 1. The van der Waals surface area contributed by atoms with Gasteiger partial charge in [0.15, 0.2) is 0 Å². The Bertz CT molecular complexity index is 247. The number of hydrogen-bond acceptors (Lipinski definition) is 3. The number of piperidine rings is 1. The molecule has 4 nitrogen and oxygen atoms in total. The monoisotopic (exact) mass is 264 g/mol. The lowest BCUT2D eigenvalue weighted by molar-refractivity contribution is -0.128. The summed E-state index contributed by atoms with van der Waals surface area (Å²) in [4.78, 5) is 12.0. The third-order valence-electron chi connectivity index (χ3n) is 2.96. The van der Waals surface area contributed by atoms with Crippen LogP contribution in [0.25, 0.3) is 0 Å². The summed E-state index contributed by atoms with van der Waals surface area (Å²) in [6, 6.07) is 0.440. The van der Waals surface area contributed by atoms with Gasteiger partial charge in [-0.05, 0) is 40.2 Å². The van der Waals surface area contributed by atoms with Crippen molar-refractivity contribution in [2.75, 3.05) is 20.3 Å². The molecule has 1 fully saturated rings. The van der Waals surface area contributed by atoms with E-state index in [4.69, 9.17) is 4.74 Å². The standard InChI is InChI=1S/C12H24N2O2.ClH/c1-9-7-10(5-6-13-9)11(15)14-12(2,3)8-16-4;/h9-10,13H,5-8H2,1-4H3,(H,14,15);1H/t9-,10-;/m0./s1. The van der Waals surface area contributed by atoms with E-state index < -0.39 is 0 Å². The zero-order valence-electron chi connectivity index (χ0n) is 11.2. The zero-order valence-corrected chi connectivity index (χ0v) is 12.0. The smallest absolute Gasteiger partial charge is 0.223 e. The Morgan fingerprint density at radius 2 is 2.18 bits per heavy atom. The minimum absolute atomic E-state index is 0. The van der Waals surface area contributed by atoms with Gasteiger partial charge in [0.1, 0.15) is 0 Å². The molecule has 1 saturated heterocycles. The van der Waals surface area contributed by atoms with Crippen molar-refractivity contribution in [3.63, 3.8) is 0 Å². The molecule has 1 rings (SSSR count). The summed E-state index contributed by atoms with van der Waals surface area (Å²) < 4.78 is 5.09. The highest BCUT2D eigenvalue weighted by Gasteiger charge is 2.28.